The summed E-state index contributed by atoms with van der Waals surface area (Å²) in [6.07, 6.45) is 0.816. The van der Waals surface area contributed by atoms with Gasteiger partial charge in [0.05, 0.1) is 5.69 Å². The Morgan fingerprint density at radius 2 is 1.94 bits per heavy atom. The zero-order chi connectivity index (χ0) is 11.5. The van der Waals surface area contributed by atoms with Gasteiger partial charge in [-0.2, -0.15) is 4.98 Å². The Balaban J connectivity index is 2.37. The minimum atomic E-state index is 0.258. The molecule has 2 heterocycles. The Labute approximate surface area is 95.0 Å². The van der Waals surface area contributed by atoms with Crippen molar-refractivity contribution in [1.82, 2.24) is 15.3 Å². The third-order valence-electron chi connectivity index (χ3n) is 2.77. The third kappa shape index (κ3) is 2.01. The number of piperazine rings is 1. The first-order valence-electron chi connectivity index (χ1n) is 5.60. The lowest BCUT2D eigenvalue weighted by atomic mass is 10.2. The highest BCUT2D eigenvalue weighted by molar-refractivity contribution is 5.68. The van der Waals surface area contributed by atoms with E-state index in [1.54, 1.807) is 0 Å². The van der Waals surface area contributed by atoms with Gasteiger partial charge in [0.2, 0.25) is 5.95 Å². The van der Waals surface area contributed by atoms with E-state index in [1.165, 1.54) is 0 Å². The van der Waals surface area contributed by atoms with Gasteiger partial charge in [0.15, 0.2) is 5.82 Å². The largest absolute Gasteiger partial charge is 0.382 e. The molecule has 6 heteroatoms. The molecular weight excluding hydrogens is 204 g/mol. The number of nitrogens with two attached hydrogens (primary N) is 2. The summed E-state index contributed by atoms with van der Waals surface area (Å²) >= 11 is 0. The smallest absolute Gasteiger partial charge is 0.222 e. The molecule has 0 unspecified atom stereocenters. The molecule has 0 bridgehead atoms. The van der Waals surface area contributed by atoms with Crippen molar-refractivity contribution in [3.8, 4) is 0 Å². The minimum Gasteiger partial charge on any atom is -0.382 e. The SMILES string of the molecule is CCc1nc(N)nc(N)c1N1CCNCC1. The number of hydrogen-bond acceptors (Lipinski definition) is 6. The maximum Gasteiger partial charge on any atom is 0.222 e. The van der Waals surface area contributed by atoms with Crippen molar-refractivity contribution in [2.45, 2.75) is 13.3 Å². The van der Waals surface area contributed by atoms with E-state index in [4.69, 9.17) is 11.5 Å². The van der Waals surface area contributed by atoms with Crippen molar-refractivity contribution in [2.24, 2.45) is 0 Å². The van der Waals surface area contributed by atoms with Crippen LogP contribution in [0.5, 0.6) is 0 Å². The Morgan fingerprint density at radius 3 is 2.56 bits per heavy atom. The zero-order valence-electron chi connectivity index (χ0n) is 9.53. The van der Waals surface area contributed by atoms with Crippen LogP contribution in [0.2, 0.25) is 0 Å². The average Bonchev–Trinajstić information content (AvgIpc) is 2.29. The molecule has 0 saturated carbocycles. The number of nitrogen functional groups attached to an aromatic ring is 2. The van der Waals surface area contributed by atoms with Gasteiger partial charge in [0, 0.05) is 26.2 Å². The molecule has 1 aromatic heterocycles. The second kappa shape index (κ2) is 4.52. The molecule has 0 spiro atoms. The van der Waals surface area contributed by atoms with E-state index in [9.17, 15) is 0 Å². The molecule has 1 aliphatic heterocycles. The molecule has 1 aromatic rings. The lowest BCUT2D eigenvalue weighted by molar-refractivity contribution is 0.587. The van der Waals surface area contributed by atoms with Crippen LogP contribution in [0.25, 0.3) is 0 Å². The van der Waals surface area contributed by atoms with E-state index in [0.29, 0.717) is 5.82 Å². The first kappa shape index (κ1) is 10.9. The fraction of sp³-hybridized carbons (Fsp3) is 0.600. The van der Waals surface area contributed by atoms with Gasteiger partial charge >= 0.3 is 0 Å². The Kier molecular flexibility index (Phi) is 3.09. The van der Waals surface area contributed by atoms with Crippen LogP contribution in [0.1, 0.15) is 12.6 Å². The van der Waals surface area contributed by atoms with E-state index < -0.39 is 0 Å². The minimum absolute atomic E-state index is 0.258. The van der Waals surface area contributed by atoms with E-state index in [0.717, 1.165) is 44.0 Å². The number of hydrogen-bond donors (Lipinski definition) is 3. The van der Waals surface area contributed by atoms with Crippen molar-refractivity contribution in [1.29, 1.82) is 0 Å². The number of aromatic nitrogens is 2. The van der Waals surface area contributed by atoms with Gasteiger partial charge in [-0.25, -0.2) is 4.98 Å². The average molecular weight is 222 g/mol. The standard InChI is InChI=1S/C10H18N6/c1-2-7-8(9(11)15-10(12)14-7)16-5-3-13-4-6-16/h13H,2-6H2,1H3,(H4,11,12,14,15). The van der Waals surface area contributed by atoms with Crippen molar-refractivity contribution >= 4 is 17.5 Å². The number of nitrogens with zero attached hydrogens (tertiary/aromatic N) is 3. The Bertz CT molecular complexity index is 372. The predicted octanol–water partition coefficient (Wildman–Crippen LogP) is -0.387. The number of aryl methyl sites for hydroxylation is 1. The van der Waals surface area contributed by atoms with E-state index >= 15 is 0 Å². The summed E-state index contributed by atoms with van der Waals surface area (Å²) in [4.78, 5) is 10.5. The fourth-order valence-corrected chi connectivity index (χ4v) is 2.02. The lowest BCUT2D eigenvalue weighted by Gasteiger charge is -2.31. The summed E-state index contributed by atoms with van der Waals surface area (Å²) in [5.74, 6) is 0.750. The lowest BCUT2D eigenvalue weighted by Crippen LogP contribution is -2.44. The van der Waals surface area contributed by atoms with Crippen molar-refractivity contribution in [2.75, 3.05) is 42.5 Å². The molecular formula is C10H18N6. The molecule has 0 atom stereocenters. The highest BCUT2D eigenvalue weighted by Gasteiger charge is 2.18. The Morgan fingerprint density at radius 1 is 1.25 bits per heavy atom. The van der Waals surface area contributed by atoms with Gasteiger partial charge in [-0.05, 0) is 6.42 Å². The summed E-state index contributed by atoms with van der Waals surface area (Å²) in [5, 5.41) is 3.30. The van der Waals surface area contributed by atoms with Crippen LogP contribution in [0.3, 0.4) is 0 Å². The van der Waals surface area contributed by atoms with Gasteiger partial charge in [0.1, 0.15) is 5.69 Å². The van der Waals surface area contributed by atoms with Gasteiger partial charge in [-0.15, -0.1) is 0 Å². The van der Waals surface area contributed by atoms with Gasteiger partial charge in [-0.3, -0.25) is 0 Å². The molecule has 5 N–H and O–H groups in total. The van der Waals surface area contributed by atoms with Crippen LogP contribution >= 0.6 is 0 Å². The number of anilines is 3. The van der Waals surface area contributed by atoms with Crippen LogP contribution in [0.15, 0.2) is 0 Å². The molecule has 1 fully saturated rings. The summed E-state index contributed by atoms with van der Waals surface area (Å²) in [7, 11) is 0. The molecule has 1 aliphatic rings. The number of nitrogens with one attached hydrogen (secondary N) is 1. The summed E-state index contributed by atoms with van der Waals surface area (Å²) in [5.41, 5.74) is 13.4. The molecule has 2 rings (SSSR count). The zero-order valence-corrected chi connectivity index (χ0v) is 9.53. The van der Waals surface area contributed by atoms with Crippen molar-refractivity contribution in [3.63, 3.8) is 0 Å². The molecule has 16 heavy (non-hydrogen) atoms. The van der Waals surface area contributed by atoms with Crippen LogP contribution in [-0.2, 0) is 6.42 Å². The van der Waals surface area contributed by atoms with Gasteiger partial charge < -0.3 is 21.7 Å². The summed E-state index contributed by atoms with van der Waals surface area (Å²) < 4.78 is 0. The molecule has 0 radical (unpaired) electrons. The quantitative estimate of drug-likeness (QED) is 0.631. The molecule has 0 aromatic carbocycles. The van der Waals surface area contributed by atoms with Gasteiger partial charge in [0.25, 0.3) is 0 Å². The number of rotatable bonds is 2. The molecule has 6 nitrogen and oxygen atoms in total. The molecule has 0 aliphatic carbocycles. The van der Waals surface area contributed by atoms with E-state index in [1.807, 2.05) is 6.92 Å². The fourth-order valence-electron chi connectivity index (χ4n) is 2.02. The molecule has 0 amide bonds. The van der Waals surface area contributed by atoms with Gasteiger partial charge in [-0.1, -0.05) is 6.92 Å². The second-order valence-corrected chi connectivity index (χ2v) is 3.85. The second-order valence-electron chi connectivity index (χ2n) is 3.85. The summed E-state index contributed by atoms with van der Waals surface area (Å²) in [6, 6.07) is 0. The predicted molar refractivity (Wildman–Crippen MR) is 65.3 cm³/mol. The first-order chi connectivity index (χ1) is 7.72. The summed E-state index contributed by atoms with van der Waals surface area (Å²) in [6.45, 7) is 5.85. The maximum absolute atomic E-state index is 5.94. The highest BCUT2D eigenvalue weighted by Crippen LogP contribution is 2.26. The highest BCUT2D eigenvalue weighted by atomic mass is 15.2. The van der Waals surface area contributed by atoms with Crippen molar-refractivity contribution in [3.05, 3.63) is 5.69 Å². The molecule has 88 valence electrons. The van der Waals surface area contributed by atoms with Crippen LogP contribution in [-0.4, -0.2) is 36.1 Å². The normalized spacial score (nSPS) is 16.4. The van der Waals surface area contributed by atoms with Crippen molar-refractivity contribution < 1.29 is 0 Å². The maximum atomic E-state index is 5.94. The monoisotopic (exact) mass is 222 g/mol. The van der Waals surface area contributed by atoms with Crippen LogP contribution in [0.4, 0.5) is 17.5 Å². The first-order valence-corrected chi connectivity index (χ1v) is 5.60. The van der Waals surface area contributed by atoms with E-state index in [2.05, 4.69) is 20.2 Å². The topological polar surface area (TPSA) is 93.1 Å². The van der Waals surface area contributed by atoms with Crippen LogP contribution < -0.4 is 21.7 Å². The van der Waals surface area contributed by atoms with E-state index in [-0.39, 0.29) is 5.95 Å². The molecule has 1 saturated heterocycles. The third-order valence-corrected chi connectivity index (χ3v) is 2.77. The van der Waals surface area contributed by atoms with Crippen LogP contribution in [0, 0.1) is 0 Å². The Hall–Kier alpha value is -1.56.